The third-order valence-corrected chi connectivity index (χ3v) is 3.47. The lowest BCUT2D eigenvalue weighted by molar-refractivity contribution is 0.269. The van der Waals surface area contributed by atoms with Crippen LogP contribution >= 0.6 is 0 Å². The van der Waals surface area contributed by atoms with Crippen molar-refractivity contribution in [2.45, 2.75) is 39.8 Å². The van der Waals surface area contributed by atoms with Gasteiger partial charge in [-0.1, -0.05) is 38.1 Å². The third kappa shape index (κ3) is 4.60. The second-order valence-electron chi connectivity index (χ2n) is 5.92. The van der Waals surface area contributed by atoms with Gasteiger partial charge in [-0.05, 0) is 30.4 Å². The number of nitrogens with zero attached hydrogens (tertiary/aromatic N) is 2. The summed E-state index contributed by atoms with van der Waals surface area (Å²) in [5, 5.41) is 16.5. The highest BCUT2D eigenvalue weighted by atomic mass is 16.3. The molecule has 0 saturated heterocycles. The summed E-state index contributed by atoms with van der Waals surface area (Å²) in [5.41, 5.74) is 3.62. The van der Waals surface area contributed by atoms with Crippen molar-refractivity contribution in [1.82, 2.24) is 9.78 Å². The first-order valence-electron chi connectivity index (χ1n) is 7.57. The highest BCUT2D eigenvalue weighted by Gasteiger charge is 2.07. The second kappa shape index (κ2) is 7.27. The summed E-state index contributed by atoms with van der Waals surface area (Å²) in [5.74, 6) is 0.684. The average molecular weight is 287 g/mol. The fraction of sp³-hybridized carbons (Fsp3) is 0.471. The highest BCUT2D eigenvalue weighted by molar-refractivity contribution is 5.41. The first-order chi connectivity index (χ1) is 10.1. The fourth-order valence-electron chi connectivity index (χ4n) is 2.41. The molecule has 0 aliphatic rings. The van der Waals surface area contributed by atoms with Crippen LogP contribution < -0.4 is 5.32 Å². The molecule has 1 unspecified atom stereocenters. The van der Waals surface area contributed by atoms with Crippen LogP contribution in [0.5, 0.6) is 0 Å². The van der Waals surface area contributed by atoms with Crippen molar-refractivity contribution in [3.8, 4) is 0 Å². The zero-order valence-electron chi connectivity index (χ0n) is 13.1. The Morgan fingerprint density at radius 2 is 1.90 bits per heavy atom. The minimum absolute atomic E-state index is 0.105. The standard InChI is InChI=1S/C17H25N3O/c1-13(2)10-15-4-6-16(7-5-15)14(3)19-17-11-18-20(12-17)8-9-21/h4-7,11-14,19,21H,8-10H2,1-3H3. The Morgan fingerprint density at radius 3 is 2.52 bits per heavy atom. The number of hydrogen-bond acceptors (Lipinski definition) is 3. The van der Waals surface area contributed by atoms with Gasteiger partial charge in [-0.15, -0.1) is 0 Å². The molecule has 0 aliphatic heterocycles. The molecule has 1 aromatic heterocycles. The molecule has 2 rings (SSSR count). The molecule has 0 amide bonds. The van der Waals surface area contributed by atoms with Crippen molar-refractivity contribution in [3.63, 3.8) is 0 Å². The number of nitrogens with one attached hydrogen (secondary N) is 1. The summed E-state index contributed by atoms with van der Waals surface area (Å²) in [6.07, 6.45) is 4.83. The van der Waals surface area contributed by atoms with Gasteiger partial charge in [0.05, 0.1) is 25.0 Å². The van der Waals surface area contributed by atoms with Gasteiger partial charge in [0.2, 0.25) is 0 Å². The van der Waals surface area contributed by atoms with E-state index in [0.29, 0.717) is 12.5 Å². The van der Waals surface area contributed by atoms with Crippen molar-refractivity contribution in [1.29, 1.82) is 0 Å². The molecule has 1 atom stereocenters. The fourth-order valence-corrected chi connectivity index (χ4v) is 2.41. The monoisotopic (exact) mass is 287 g/mol. The Bertz CT molecular complexity index is 545. The van der Waals surface area contributed by atoms with Crippen LogP contribution in [0.1, 0.15) is 37.9 Å². The maximum absolute atomic E-state index is 8.90. The van der Waals surface area contributed by atoms with Gasteiger partial charge in [-0.2, -0.15) is 5.10 Å². The van der Waals surface area contributed by atoms with Crippen molar-refractivity contribution < 1.29 is 5.11 Å². The van der Waals surface area contributed by atoms with Gasteiger partial charge in [0, 0.05) is 12.2 Å². The molecule has 1 heterocycles. The van der Waals surface area contributed by atoms with E-state index in [2.05, 4.69) is 55.5 Å². The Morgan fingerprint density at radius 1 is 1.19 bits per heavy atom. The van der Waals surface area contributed by atoms with E-state index >= 15 is 0 Å². The molecule has 2 N–H and O–H groups in total. The van der Waals surface area contributed by atoms with E-state index in [4.69, 9.17) is 5.11 Å². The van der Waals surface area contributed by atoms with Crippen molar-refractivity contribution in [2.75, 3.05) is 11.9 Å². The normalized spacial score (nSPS) is 12.6. The molecular formula is C17H25N3O. The molecule has 0 bridgehead atoms. The van der Waals surface area contributed by atoms with E-state index in [-0.39, 0.29) is 12.6 Å². The van der Waals surface area contributed by atoms with E-state index in [1.807, 2.05) is 6.20 Å². The minimum atomic E-state index is 0.105. The van der Waals surface area contributed by atoms with Crippen molar-refractivity contribution in [3.05, 3.63) is 47.8 Å². The van der Waals surface area contributed by atoms with Gasteiger partial charge in [-0.25, -0.2) is 0 Å². The summed E-state index contributed by atoms with van der Waals surface area (Å²) in [4.78, 5) is 0. The van der Waals surface area contributed by atoms with Crippen LogP contribution in [0.25, 0.3) is 0 Å². The lowest BCUT2D eigenvalue weighted by atomic mass is 10.00. The lowest BCUT2D eigenvalue weighted by Crippen LogP contribution is -2.06. The number of aliphatic hydroxyl groups excluding tert-OH is 1. The van der Waals surface area contributed by atoms with Crippen LogP contribution in [0, 0.1) is 5.92 Å². The molecule has 1 aromatic carbocycles. The summed E-state index contributed by atoms with van der Waals surface area (Å²) in [6.45, 7) is 7.25. The molecule has 114 valence electrons. The van der Waals surface area contributed by atoms with Gasteiger partial charge in [-0.3, -0.25) is 4.68 Å². The number of anilines is 1. The average Bonchev–Trinajstić information content (AvgIpc) is 2.86. The van der Waals surface area contributed by atoms with Gasteiger partial charge in [0.15, 0.2) is 0 Å². The maximum atomic E-state index is 8.90. The second-order valence-corrected chi connectivity index (χ2v) is 5.92. The van der Waals surface area contributed by atoms with Gasteiger partial charge in [0.25, 0.3) is 0 Å². The number of rotatable bonds is 7. The zero-order chi connectivity index (χ0) is 15.2. The van der Waals surface area contributed by atoms with Gasteiger partial charge >= 0.3 is 0 Å². The number of aliphatic hydroxyl groups is 1. The number of aromatic nitrogens is 2. The molecular weight excluding hydrogens is 262 g/mol. The molecule has 0 fully saturated rings. The van der Waals surface area contributed by atoms with Crippen LogP contribution in [-0.4, -0.2) is 21.5 Å². The number of hydrogen-bond donors (Lipinski definition) is 2. The maximum Gasteiger partial charge on any atom is 0.0731 e. The van der Waals surface area contributed by atoms with Crippen molar-refractivity contribution in [2.24, 2.45) is 5.92 Å². The molecule has 0 aliphatic carbocycles. The molecule has 0 radical (unpaired) electrons. The predicted molar refractivity (Wildman–Crippen MR) is 86.3 cm³/mol. The molecule has 4 heteroatoms. The van der Waals surface area contributed by atoms with E-state index in [9.17, 15) is 0 Å². The summed E-state index contributed by atoms with van der Waals surface area (Å²) in [6, 6.07) is 9.02. The van der Waals surface area contributed by atoms with Crippen LogP contribution in [0.4, 0.5) is 5.69 Å². The van der Waals surface area contributed by atoms with E-state index in [0.717, 1.165) is 12.1 Å². The summed E-state index contributed by atoms with van der Waals surface area (Å²) in [7, 11) is 0. The van der Waals surface area contributed by atoms with Crippen LogP contribution in [0.2, 0.25) is 0 Å². The van der Waals surface area contributed by atoms with Crippen molar-refractivity contribution >= 4 is 5.69 Å². The Balaban J connectivity index is 1.97. The SMILES string of the molecule is CC(C)Cc1ccc(C(C)Nc2cnn(CCO)c2)cc1. The molecule has 0 spiro atoms. The Labute approximate surface area is 126 Å². The van der Waals surface area contributed by atoms with Crippen LogP contribution in [0.3, 0.4) is 0 Å². The first-order valence-corrected chi connectivity index (χ1v) is 7.57. The summed E-state index contributed by atoms with van der Waals surface area (Å²) >= 11 is 0. The Kier molecular flexibility index (Phi) is 5.39. The Hall–Kier alpha value is -1.81. The van der Waals surface area contributed by atoms with E-state index < -0.39 is 0 Å². The van der Waals surface area contributed by atoms with E-state index in [1.54, 1.807) is 10.9 Å². The minimum Gasteiger partial charge on any atom is -0.394 e. The molecule has 0 saturated carbocycles. The third-order valence-electron chi connectivity index (χ3n) is 3.47. The topological polar surface area (TPSA) is 50.1 Å². The molecule has 4 nitrogen and oxygen atoms in total. The number of benzene rings is 1. The van der Waals surface area contributed by atoms with E-state index in [1.165, 1.54) is 11.1 Å². The smallest absolute Gasteiger partial charge is 0.0731 e. The quantitative estimate of drug-likeness (QED) is 0.822. The van der Waals surface area contributed by atoms with Crippen LogP contribution in [0.15, 0.2) is 36.7 Å². The molecule has 21 heavy (non-hydrogen) atoms. The van der Waals surface area contributed by atoms with Gasteiger partial charge < -0.3 is 10.4 Å². The summed E-state index contributed by atoms with van der Waals surface area (Å²) < 4.78 is 1.74. The van der Waals surface area contributed by atoms with Gasteiger partial charge in [0.1, 0.15) is 0 Å². The first kappa shape index (κ1) is 15.6. The lowest BCUT2D eigenvalue weighted by Gasteiger charge is -2.15. The van der Waals surface area contributed by atoms with Crippen LogP contribution in [-0.2, 0) is 13.0 Å². The largest absolute Gasteiger partial charge is 0.394 e. The molecule has 2 aromatic rings. The zero-order valence-corrected chi connectivity index (χ0v) is 13.1. The highest BCUT2D eigenvalue weighted by Crippen LogP contribution is 2.20. The predicted octanol–water partition coefficient (Wildman–Crippen LogP) is 3.25.